The van der Waals surface area contributed by atoms with Gasteiger partial charge in [-0.3, -0.25) is 18.7 Å². The van der Waals surface area contributed by atoms with Gasteiger partial charge in [0.25, 0.3) is 5.56 Å². The van der Waals surface area contributed by atoms with Crippen LogP contribution < -0.4 is 21.3 Å². The van der Waals surface area contributed by atoms with E-state index in [9.17, 15) is 14.4 Å². The number of fused-ring (bicyclic) bond motifs is 1. The quantitative estimate of drug-likeness (QED) is 0.630. The van der Waals surface area contributed by atoms with Crippen molar-refractivity contribution >= 4 is 22.5 Å². The molecule has 0 spiro atoms. The van der Waals surface area contributed by atoms with Crippen LogP contribution in [0.15, 0.2) is 58.1 Å². The molecule has 1 fully saturated rings. The number of anilines is 1. The topological polar surface area (TPSA) is 91.6 Å². The molecule has 1 saturated heterocycles. The lowest BCUT2D eigenvalue weighted by Crippen LogP contribution is -2.43. The number of nitrogens with one attached hydrogen (secondary N) is 1. The average molecular weight is 423 g/mol. The molecule has 1 atom stereocenters. The number of carbonyl (C=O) groups is 1. The van der Waals surface area contributed by atoms with E-state index >= 15 is 0 Å². The summed E-state index contributed by atoms with van der Waals surface area (Å²) in [6.07, 6.45) is 1.54. The van der Waals surface area contributed by atoms with E-state index in [0.717, 1.165) is 12.8 Å². The summed E-state index contributed by atoms with van der Waals surface area (Å²) in [6, 6.07) is 13.8. The summed E-state index contributed by atoms with van der Waals surface area (Å²) in [4.78, 5) is 38.8. The van der Waals surface area contributed by atoms with Crippen molar-refractivity contribution in [2.24, 2.45) is 0 Å². The minimum absolute atomic E-state index is 0.169. The number of carbonyl (C=O) groups excluding carboxylic acids is 1. The Morgan fingerprint density at radius 1 is 1.13 bits per heavy atom. The number of amides is 1. The van der Waals surface area contributed by atoms with E-state index in [1.54, 1.807) is 48.5 Å². The molecule has 0 radical (unpaired) electrons. The largest absolute Gasteiger partial charge is 0.494 e. The number of rotatable bonds is 7. The van der Waals surface area contributed by atoms with Gasteiger partial charge in [0.05, 0.1) is 30.2 Å². The molecule has 31 heavy (non-hydrogen) atoms. The van der Waals surface area contributed by atoms with Gasteiger partial charge >= 0.3 is 5.69 Å². The normalized spacial score (nSPS) is 15.8. The van der Waals surface area contributed by atoms with E-state index in [0.29, 0.717) is 35.6 Å². The molecule has 1 aliphatic rings. The first kappa shape index (κ1) is 20.9. The molecule has 2 aromatic carbocycles. The van der Waals surface area contributed by atoms with Crippen LogP contribution in [0.4, 0.5) is 5.69 Å². The zero-order valence-corrected chi connectivity index (χ0v) is 17.4. The van der Waals surface area contributed by atoms with Crippen LogP contribution in [0.5, 0.6) is 5.75 Å². The van der Waals surface area contributed by atoms with E-state index < -0.39 is 5.69 Å². The van der Waals surface area contributed by atoms with Crippen molar-refractivity contribution in [2.75, 3.05) is 18.5 Å². The van der Waals surface area contributed by atoms with Crippen molar-refractivity contribution in [3.05, 3.63) is 69.4 Å². The standard InChI is InChI=1S/C23H25N3O5/c1-2-30-17-11-9-16(10-12-17)24-21(27)15-25-20-8-4-3-7-19(20)22(28)26(23(25)29)14-18-6-5-13-31-18/h3-4,7-12,18H,2,5-6,13-15H2,1H3,(H,24,27)/t18-/m1/s1. The summed E-state index contributed by atoms with van der Waals surface area (Å²) in [5.41, 5.74) is 0.154. The predicted molar refractivity (Wildman–Crippen MR) is 118 cm³/mol. The van der Waals surface area contributed by atoms with Crippen LogP contribution in [0.3, 0.4) is 0 Å². The maximum Gasteiger partial charge on any atom is 0.332 e. The molecular weight excluding hydrogens is 398 g/mol. The highest BCUT2D eigenvalue weighted by Gasteiger charge is 2.21. The summed E-state index contributed by atoms with van der Waals surface area (Å²) in [5, 5.41) is 3.19. The average Bonchev–Trinajstić information content (AvgIpc) is 3.29. The lowest BCUT2D eigenvalue weighted by molar-refractivity contribution is -0.116. The molecule has 1 amide bonds. The molecule has 8 heteroatoms. The molecule has 3 aromatic rings. The maximum atomic E-state index is 13.2. The van der Waals surface area contributed by atoms with Crippen molar-refractivity contribution in [3.63, 3.8) is 0 Å². The molecule has 1 aliphatic heterocycles. The fraction of sp³-hybridized carbons (Fsp3) is 0.348. The second-order valence-corrected chi connectivity index (χ2v) is 7.44. The van der Waals surface area contributed by atoms with E-state index in [4.69, 9.17) is 9.47 Å². The molecule has 0 aliphatic carbocycles. The van der Waals surface area contributed by atoms with E-state index in [2.05, 4.69) is 5.32 Å². The van der Waals surface area contributed by atoms with Crippen LogP contribution in [0, 0.1) is 0 Å². The molecule has 1 aromatic heterocycles. The molecule has 1 N–H and O–H groups in total. The molecule has 162 valence electrons. The second-order valence-electron chi connectivity index (χ2n) is 7.44. The fourth-order valence-corrected chi connectivity index (χ4v) is 3.82. The Hall–Kier alpha value is -3.39. The van der Waals surface area contributed by atoms with Gasteiger partial charge in [-0.2, -0.15) is 0 Å². The highest BCUT2D eigenvalue weighted by Crippen LogP contribution is 2.16. The summed E-state index contributed by atoms with van der Waals surface area (Å²) < 4.78 is 13.5. The molecule has 0 saturated carbocycles. The third-order valence-electron chi connectivity index (χ3n) is 5.29. The van der Waals surface area contributed by atoms with Crippen molar-refractivity contribution < 1.29 is 14.3 Å². The SMILES string of the molecule is CCOc1ccc(NC(=O)Cn2c(=O)n(C[C@H]3CCCO3)c(=O)c3ccccc32)cc1. The van der Waals surface area contributed by atoms with Gasteiger partial charge < -0.3 is 14.8 Å². The Balaban J connectivity index is 1.63. The Bertz CT molecular complexity index is 1190. The Morgan fingerprint density at radius 2 is 1.90 bits per heavy atom. The lowest BCUT2D eigenvalue weighted by atomic mass is 10.2. The highest BCUT2D eigenvalue weighted by molar-refractivity contribution is 5.91. The van der Waals surface area contributed by atoms with Gasteiger partial charge in [-0.25, -0.2) is 4.79 Å². The highest BCUT2D eigenvalue weighted by atomic mass is 16.5. The van der Waals surface area contributed by atoms with E-state index in [-0.39, 0.29) is 30.7 Å². The Morgan fingerprint density at radius 3 is 2.61 bits per heavy atom. The third-order valence-corrected chi connectivity index (χ3v) is 5.29. The van der Waals surface area contributed by atoms with Crippen LogP contribution in [0.25, 0.3) is 10.9 Å². The summed E-state index contributed by atoms with van der Waals surface area (Å²) in [7, 11) is 0. The molecule has 0 bridgehead atoms. The number of ether oxygens (including phenoxy) is 2. The minimum atomic E-state index is -0.513. The van der Waals surface area contributed by atoms with Gasteiger partial charge in [0.2, 0.25) is 5.91 Å². The fourth-order valence-electron chi connectivity index (χ4n) is 3.82. The van der Waals surface area contributed by atoms with Gasteiger partial charge in [-0.1, -0.05) is 12.1 Å². The zero-order valence-electron chi connectivity index (χ0n) is 17.4. The number of benzene rings is 2. The summed E-state index contributed by atoms with van der Waals surface area (Å²) >= 11 is 0. The van der Waals surface area contributed by atoms with Gasteiger partial charge in [0.1, 0.15) is 12.3 Å². The van der Waals surface area contributed by atoms with Crippen LogP contribution in [0.1, 0.15) is 19.8 Å². The maximum absolute atomic E-state index is 13.2. The Kier molecular flexibility index (Phi) is 6.18. The van der Waals surface area contributed by atoms with Crippen molar-refractivity contribution in [3.8, 4) is 5.75 Å². The molecular formula is C23H25N3O5. The first-order valence-corrected chi connectivity index (χ1v) is 10.4. The molecule has 4 rings (SSSR count). The van der Waals surface area contributed by atoms with Gasteiger partial charge in [0.15, 0.2) is 0 Å². The zero-order chi connectivity index (χ0) is 21.8. The smallest absolute Gasteiger partial charge is 0.332 e. The minimum Gasteiger partial charge on any atom is -0.494 e. The first-order chi connectivity index (χ1) is 15.1. The predicted octanol–water partition coefficient (Wildman–Crippen LogP) is 2.38. The van der Waals surface area contributed by atoms with E-state index in [1.165, 1.54) is 9.13 Å². The molecule has 8 nitrogen and oxygen atoms in total. The number of para-hydroxylation sites is 1. The van der Waals surface area contributed by atoms with Gasteiger partial charge in [0, 0.05) is 12.3 Å². The van der Waals surface area contributed by atoms with Crippen LogP contribution in [-0.4, -0.2) is 34.4 Å². The molecule has 2 heterocycles. The van der Waals surface area contributed by atoms with Crippen LogP contribution in [-0.2, 0) is 22.6 Å². The third kappa shape index (κ3) is 4.54. The monoisotopic (exact) mass is 423 g/mol. The second kappa shape index (κ2) is 9.18. The number of hydrogen-bond acceptors (Lipinski definition) is 5. The summed E-state index contributed by atoms with van der Waals surface area (Å²) in [6.45, 7) is 3.06. The lowest BCUT2D eigenvalue weighted by Gasteiger charge is -2.16. The van der Waals surface area contributed by atoms with Gasteiger partial charge in [-0.05, 0) is 56.2 Å². The first-order valence-electron chi connectivity index (χ1n) is 10.4. The van der Waals surface area contributed by atoms with Crippen molar-refractivity contribution in [2.45, 2.75) is 39.0 Å². The van der Waals surface area contributed by atoms with E-state index in [1.807, 2.05) is 6.92 Å². The molecule has 0 unspecified atom stereocenters. The Labute approximate surface area is 179 Å². The number of hydrogen-bond donors (Lipinski definition) is 1. The number of aromatic nitrogens is 2. The summed E-state index contributed by atoms with van der Waals surface area (Å²) in [5.74, 6) is 0.350. The van der Waals surface area contributed by atoms with Crippen molar-refractivity contribution in [1.82, 2.24) is 9.13 Å². The van der Waals surface area contributed by atoms with Gasteiger partial charge in [-0.15, -0.1) is 0 Å². The van der Waals surface area contributed by atoms with Crippen LogP contribution >= 0.6 is 0 Å². The number of nitrogens with zero attached hydrogens (tertiary/aromatic N) is 2. The van der Waals surface area contributed by atoms with Crippen molar-refractivity contribution in [1.29, 1.82) is 0 Å². The van der Waals surface area contributed by atoms with Crippen LogP contribution in [0.2, 0.25) is 0 Å².